The van der Waals surface area contributed by atoms with Gasteiger partial charge in [0.05, 0.1) is 17.8 Å². The molecule has 114 valence electrons. The number of hydrogen-bond acceptors (Lipinski definition) is 3. The van der Waals surface area contributed by atoms with Gasteiger partial charge >= 0.3 is 5.97 Å². The molecule has 1 unspecified atom stereocenters. The number of nitrogens with zero attached hydrogens (tertiary/aromatic N) is 1. The summed E-state index contributed by atoms with van der Waals surface area (Å²) < 4.78 is 0. The van der Waals surface area contributed by atoms with Crippen molar-refractivity contribution in [3.8, 4) is 0 Å². The number of carbonyl (C=O) groups is 2. The van der Waals surface area contributed by atoms with Crippen LogP contribution in [-0.2, 0) is 4.79 Å². The molecular weight excluding hydrogens is 268 g/mol. The molecule has 2 rings (SSSR count). The molecule has 0 bridgehead atoms. The molecule has 1 fully saturated rings. The molecule has 0 aliphatic carbocycles. The molecule has 0 saturated carbocycles. The van der Waals surface area contributed by atoms with Crippen molar-refractivity contribution in [1.82, 2.24) is 4.90 Å². The second-order valence-electron chi connectivity index (χ2n) is 5.43. The largest absolute Gasteiger partial charge is 0.478 e. The molecule has 1 aliphatic heterocycles. The van der Waals surface area contributed by atoms with E-state index in [1.165, 1.54) is 12.5 Å². The van der Waals surface area contributed by atoms with Crippen LogP contribution in [-0.4, -0.2) is 41.0 Å². The third kappa shape index (κ3) is 4.04. The lowest BCUT2D eigenvalue weighted by molar-refractivity contribution is -0.118. The standard InChI is InChI=1S/C16H22N2O3/c1-2-12-7-5-6-10-18(12)11-15(19)17-14-9-4-3-8-13(14)16(20)21/h3-4,8-9,12H,2,5-7,10-11H2,1H3,(H,17,19)(H,20,21). The summed E-state index contributed by atoms with van der Waals surface area (Å²) in [5.41, 5.74) is 0.483. The Kier molecular flexibility index (Phi) is 5.33. The minimum Gasteiger partial charge on any atom is -0.478 e. The van der Waals surface area contributed by atoms with Gasteiger partial charge in [0.15, 0.2) is 0 Å². The predicted octanol–water partition coefficient (Wildman–Crippen LogP) is 2.59. The molecular formula is C16H22N2O3. The number of rotatable bonds is 5. The second-order valence-corrected chi connectivity index (χ2v) is 5.43. The van der Waals surface area contributed by atoms with E-state index < -0.39 is 5.97 Å². The Labute approximate surface area is 125 Å². The topological polar surface area (TPSA) is 69.6 Å². The van der Waals surface area contributed by atoms with E-state index >= 15 is 0 Å². The van der Waals surface area contributed by atoms with Crippen molar-refractivity contribution in [2.45, 2.75) is 38.6 Å². The number of carbonyl (C=O) groups excluding carboxylic acids is 1. The van der Waals surface area contributed by atoms with Gasteiger partial charge in [0, 0.05) is 6.04 Å². The highest BCUT2D eigenvalue weighted by Gasteiger charge is 2.23. The number of amides is 1. The van der Waals surface area contributed by atoms with Crippen LogP contribution in [0.25, 0.3) is 0 Å². The normalized spacial score (nSPS) is 19.2. The van der Waals surface area contributed by atoms with Crippen molar-refractivity contribution >= 4 is 17.6 Å². The summed E-state index contributed by atoms with van der Waals surface area (Å²) in [5, 5.41) is 11.8. The molecule has 5 nitrogen and oxygen atoms in total. The molecule has 21 heavy (non-hydrogen) atoms. The molecule has 1 amide bonds. The lowest BCUT2D eigenvalue weighted by Crippen LogP contribution is -2.43. The quantitative estimate of drug-likeness (QED) is 0.874. The van der Waals surface area contributed by atoms with Crippen LogP contribution in [0.15, 0.2) is 24.3 Å². The Hall–Kier alpha value is -1.88. The zero-order chi connectivity index (χ0) is 15.2. The van der Waals surface area contributed by atoms with Crippen molar-refractivity contribution in [3.05, 3.63) is 29.8 Å². The molecule has 1 aliphatic rings. The van der Waals surface area contributed by atoms with Crippen LogP contribution in [0.5, 0.6) is 0 Å². The first-order valence-corrected chi connectivity index (χ1v) is 7.48. The van der Waals surface area contributed by atoms with Crippen molar-refractivity contribution in [1.29, 1.82) is 0 Å². The number of anilines is 1. The summed E-state index contributed by atoms with van der Waals surface area (Å²) in [6.45, 7) is 3.40. The van der Waals surface area contributed by atoms with Gasteiger partial charge in [-0.15, -0.1) is 0 Å². The monoisotopic (exact) mass is 290 g/mol. The average molecular weight is 290 g/mol. The van der Waals surface area contributed by atoms with E-state index in [1.807, 2.05) is 0 Å². The fourth-order valence-electron chi connectivity index (χ4n) is 2.88. The van der Waals surface area contributed by atoms with Gasteiger partial charge in [0.1, 0.15) is 0 Å². The first-order valence-electron chi connectivity index (χ1n) is 7.48. The third-order valence-corrected chi connectivity index (χ3v) is 4.00. The number of nitrogens with one attached hydrogen (secondary N) is 1. The molecule has 1 aromatic carbocycles. The van der Waals surface area contributed by atoms with Gasteiger partial charge in [-0.2, -0.15) is 0 Å². The molecule has 0 spiro atoms. The SMILES string of the molecule is CCC1CCCCN1CC(=O)Nc1ccccc1C(=O)O. The van der Waals surface area contributed by atoms with Gasteiger partial charge in [-0.1, -0.05) is 25.5 Å². The minimum absolute atomic E-state index is 0.122. The lowest BCUT2D eigenvalue weighted by Gasteiger charge is -2.34. The highest BCUT2D eigenvalue weighted by Crippen LogP contribution is 2.20. The van der Waals surface area contributed by atoms with Crippen LogP contribution in [0.3, 0.4) is 0 Å². The first kappa shape index (κ1) is 15.5. The zero-order valence-corrected chi connectivity index (χ0v) is 12.3. The maximum atomic E-state index is 12.2. The number of hydrogen-bond donors (Lipinski definition) is 2. The van der Waals surface area contributed by atoms with Gasteiger partial charge in [0.25, 0.3) is 0 Å². The number of carboxylic acids is 1. The fraction of sp³-hybridized carbons (Fsp3) is 0.500. The lowest BCUT2D eigenvalue weighted by atomic mass is 10.00. The molecule has 0 radical (unpaired) electrons. The summed E-state index contributed by atoms with van der Waals surface area (Å²) in [6.07, 6.45) is 4.52. The minimum atomic E-state index is -1.03. The third-order valence-electron chi connectivity index (χ3n) is 4.00. The Bertz CT molecular complexity index is 516. The van der Waals surface area contributed by atoms with E-state index in [4.69, 9.17) is 5.11 Å². The van der Waals surface area contributed by atoms with Gasteiger partial charge in [0.2, 0.25) is 5.91 Å². The number of piperidine rings is 1. The summed E-state index contributed by atoms with van der Waals surface area (Å²) in [4.78, 5) is 25.5. The predicted molar refractivity (Wildman–Crippen MR) is 81.5 cm³/mol. The van der Waals surface area contributed by atoms with Gasteiger partial charge < -0.3 is 10.4 Å². The van der Waals surface area contributed by atoms with Crippen LogP contribution in [0, 0.1) is 0 Å². The number of benzene rings is 1. The van der Waals surface area contributed by atoms with E-state index in [-0.39, 0.29) is 11.5 Å². The maximum absolute atomic E-state index is 12.2. The van der Waals surface area contributed by atoms with Crippen LogP contribution in [0.2, 0.25) is 0 Å². The summed E-state index contributed by atoms with van der Waals surface area (Å²) in [5.74, 6) is -1.18. The van der Waals surface area contributed by atoms with Crippen molar-refractivity contribution < 1.29 is 14.7 Å². The van der Waals surface area contributed by atoms with Crippen molar-refractivity contribution in [3.63, 3.8) is 0 Å². The highest BCUT2D eigenvalue weighted by molar-refractivity contribution is 6.01. The second kappa shape index (κ2) is 7.22. The van der Waals surface area contributed by atoms with Crippen LogP contribution >= 0.6 is 0 Å². The number of aromatic carboxylic acids is 1. The molecule has 1 atom stereocenters. The number of para-hydroxylation sites is 1. The Morgan fingerprint density at radius 1 is 1.33 bits per heavy atom. The van der Waals surface area contributed by atoms with E-state index in [1.54, 1.807) is 18.2 Å². The van der Waals surface area contributed by atoms with Crippen LogP contribution in [0.4, 0.5) is 5.69 Å². The van der Waals surface area contributed by atoms with Crippen molar-refractivity contribution in [2.75, 3.05) is 18.4 Å². The van der Waals surface area contributed by atoms with Gasteiger partial charge in [-0.25, -0.2) is 4.79 Å². The van der Waals surface area contributed by atoms with Crippen LogP contribution < -0.4 is 5.32 Å². The first-order chi connectivity index (χ1) is 10.1. The van der Waals surface area contributed by atoms with Gasteiger partial charge in [-0.3, -0.25) is 9.69 Å². The van der Waals surface area contributed by atoms with Crippen LogP contribution in [0.1, 0.15) is 43.0 Å². The van der Waals surface area contributed by atoms with E-state index in [0.29, 0.717) is 18.3 Å². The maximum Gasteiger partial charge on any atom is 0.337 e. The molecule has 1 saturated heterocycles. The molecule has 5 heteroatoms. The Morgan fingerprint density at radius 2 is 2.10 bits per heavy atom. The van der Waals surface area contributed by atoms with Crippen molar-refractivity contribution in [2.24, 2.45) is 0 Å². The average Bonchev–Trinajstić information content (AvgIpc) is 2.48. The number of carboxylic acid groups (broad SMARTS) is 1. The summed E-state index contributed by atoms with van der Waals surface area (Å²) >= 11 is 0. The van der Waals surface area contributed by atoms with E-state index in [9.17, 15) is 9.59 Å². The molecule has 0 aromatic heterocycles. The molecule has 1 aromatic rings. The van der Waals surface area contributed by atoms with E-state index in [0.717, 1.165) is 25.8 Å². The highest BCUT2D eigenvalue weighted by atomic mass is 16.4. The zero-order valence-electron chi connectivity index (χ0n) is 12.3. The molecule has 2 N–H and O–H groups in total. The summed E-state index contributed by atoms with van der Waals surface area (Å²) in [6, 6.07) is 6.94. The Balaban J connectivity index is 2.00. The Morgan fingerprint density at radius 3 is 2.81 bits per heavy atom. The smallest absolute Gasteiger partial charge is 0.337 e. The fourth-order valence-corrected chi connectivity index (χ4v) is 2.88. The number of likely N-dealkylation sites (tertiary alicyclic amines) is 1. The summed E-state index contributed by atoms with van der Waals surface area (Å²) in [7, 11) is 0. The van der Waals surface area contributed by atoms with E-state index in [2.05, 4.69) is 17.1 Å². The van der Waals surface area contributed by atoms with Gasteiger partial charge in [-0.05, 0) is 37.9 Å². The molecule has 1 heterocycles.